The van der Waals surface area contributed by atoms with Crippen LogP contribution >= 0.6 is 11.3 Å². The summed E-state index contributed by atoms with van der Waals surface area (Å²) in [6.45, 7) is 2.14. The van der Waals surface area contributed by atoms with Crippen LogP contribution in [0.5, 0.6) is 0 Å². The first-order chi connectivity index (χ1) is 12.6. The molecule has 6 heteroatoms. The first-order valence-electron chi connectivity index (χ1n) is 9.04. The van der Waals surface area contributed by atoms with Gasteiger partial charge in [-0.2, -0.15) is 0 Å². The highest BCUT2D eigenvalue weighted by molar-refractivity contribution is 7.21. The van der Waals surface area contributed by atoms with E-state index in [0.29, 0.717) is 13.1 Å². The zero-order chi connectivity index (χ0) is 17.7. The molecule has 2 aromatic heterocycles. The van der Waals surface area contributed by atoms with E-state index in [0.717, 1.165) is 52.6 Å². The summed E-state index contributed by atoms with van der Waals surface area (Å²) in [6, 6.07) is 12.0. The van der Waals surface area contributed by atoms with E-state index in [1.165, 1.54) is 0 Å². The zero-order valence-corrected chi connectivity index (χ0v) is 15.2. The van der Waals surface area contributed by atoms with Crippen LogP contribution in [0, 0.1) is 11.3 Å². The van der Waals surface area contributed by atoms with Gasteiger partial charge in [0.15, 0.2) is 10.8 Å². The number of carboxylic acid groups (broad SMARTS) is 1. The second-order valence-electron chi connectivity index (χ2n) is 7.47. The number of fused-ring (bicyclic) bond motifs is 2. The number of nitrogens with zero attached hydrogens (tertiary/aromatic N) is 2. The zero-order valence-electron chi connectivity index (χ0n) is 14.4. The highest BCUT2D eigenvalue weighted by Crippen LogP contribution is 2.49. The van der Waals surface area contributed by atoms with E-state index in [2.05, 4.69) is 16.0 Å². The lowest BCUT2D eigenvalue weighted by Crippen LogP contribution is -2.35. The van der Waals surface area contributed by atoms with E-state index < -0.39 is 11.4 Å². The number of benzene rings is 1. The van der Waals surface area contributed by atoms with Crippen LogP contribution in [-0.4, -0.2) is 34.0 Å². The van der Waals surface area contributed by atoms with Gasteiger partial charge in [0.25, 0.3) is 0 Å². The Kier molecular flexibility index (Phi) is 3.65. The first kappa shape index (κ1) is 16.0. The Balaban J connectivity index is 1.34. The van der Waals surface area contributed by atoms with Crippen molar-refractivity contribution in [2.75, 3.05) is 13.1 Å². The van der Waals surface area contributed by atoms with Crippen LogP contribution in [0.15, 0.2) is 40.8 Å². The summed E-state index contributed by atoms with van der Waals surface area (Å²) in [6.07, 6.45) is 2.86. The average Bonchev–Trinajstić information content (AvgIpc) is 3.36. The summed E-state index contributed by atoms with van der Waals surface area (Å²) in [5, 5.41) is 10.6. The maximum absolute atomic E-state index is 11.8. The molecule has 1 aliphatic heterocycles. The highest BCUT2D eigenvalue weighted by Gasteiger charge is 2.54. The third kappa shape index (κ3) is 2.47. The van der Waals surface area contributed by atoms with Gasteiger partial charge < -0.3 is 9.52 Å². The number of likely N-dealkylation sites (tertiary alicyclic amines) is 1. The molecule has 1 N–H and O–H groups in total. The molecule has 0 spiro atoms. The molecule has 2 aliphatic rings. The van der Waals surface area contributed by atoms with Crippen LogP contribution in [0.2, 0.25) is 0 Å². The molecule has 3 aromatic rings. The summed E-state index contributed by atoms with van der Waals surface area (Å²) in [5.41, 5.74) is 0.448. The highest BCUT2D eigenvalue weighted by atomic mass is 32.1. The quantitative estimate of drug-likeness (QED) is 0.746. The molecule has 1 aliphatic carbocycles. The number of hydrogen-bond donors (Lipinski definition) is 1. The number of aromatic nitrogens is 1. The van der Waals surface area contributed by atoms with E-state index in [9.17, 15) is 9.90 Å². The van der Waals surface area contributed by atoms with Crippen molar-refractivity contribution in [3.05, 3.63) is 42.2 Å². The van der Waals surface area contributed by atoms with Crippen molar-refractivity contribution in [1.82, 2.24) is 9.88 Å². The number of para-hydroxylation sites is 1. The molecule has 0 unspecified atom stereocenters. The number of rotatable bonds is 4. The van der Waals surface area contributed by atoms with Crippen molar-refractivity contribution in [2.24, 2.45) is 11.3 Å². The molecule has 134 valence electrons. The molecule has 3 heterocycles. The second-order valence-corrected chi connectivity index (χ2v) is 8.50. The largest absolute Gasteiger partial charge is 0.481 e. The van der Waals surface area contributed by atoms with Crippen molar-refractivity contribution < 1.29 is 14.3 Å². The van der Waals surface area contributed by atoms with Gasteiger partial charge in [0, 0.05) is 13.1 Å². The maximum Gasteiger partial charge on any atom is 0.311 e. The summed E-state index contributed by atoms with van der Waals surface area (Å²) in [4.78, 5) is 18.7. The van der Waals surface area contributed by atoms with Crippen LogP contribution in [0.4, 0.5) is 0 Å². The van der Waals surface area contributed by atoms with Crippen molar-refractivity contribution in [3.8, 4) is 10.8 Å². The number of aliphatic carboxylic acids is 1. The number of hydrogen-bond acceptors (Lipinski definition) is 5. The minimum absolute atomic E-state index is 0.277. The molecule has 1 saturated carbocycles. The molecular formula is C20H20N2O3S. The molecule has 1 aromatic carbocycles. The molecule has 0 radical (unpaired) electrons. The minimum atomic E-state index is -0.628. The van der Waals surface area contributed by atoms with Crippen LogP contribution in [0.1, 0.15) is 25.0 Å². The van der Waals surface area contributed by atoms with Gasteiger partial charge >= 0.3 is 5.97 Å². The van der Waals surface area contributed by atoms with Crippen molar-refractivity contribution >= 4 is 27.5 Å². The summed E-state index contributed by atoms with van der Waals surface area (Å²) < 4.78 is 7.18. The van der Waals surface area contributed by atoms with Gasteiger partial charge in [-0.3, -0.25) is 9.69 Å². The molecule has 0 amide bonds. The Bertz CT molecular complexity index is 945. The molecular weight excluding hydrogens is 348 g/mol. The Hall–Kier alpha value is -2.18. The number of thiazole rings is 1. The van der Waals surface area contributed by atoms with Gasteiger partial charge in [-0.25, -0.2) is 4.98 Å². The molecule has 2 atom stereocenters. The molecule has 26 heavy (non-hydrogen) atoms. The Labute approximate surface area is 155 Å². The first-order valence-corrected chi connectivity index (χ1v) is 9.86. The third-order valence-electron chi connectivity index (χ3n) is 5.91. The Morgan fingerprint density at radius 3 is 3.04 bits per heavy atom. The molecule has 1 saturated heterocycles. The van der Waals surface area contributed by atoms with E-state index in [1.807, 2.05) is 30.3 Å². The fraction of sp³-hybridized carbons (Fsp3) is 0.400. The van der Waals surface area contributed by atoms with Crippen molar-refractivity contribution in [3.63, 3.8) is 0 Å². The van der Waals surface area contributed by atoms with Crippen LogP contribution in [-0.2, 0) is 11.3 Å². The maximum atomic E-state index is 11.8. The van der Waals surface area contributed by atoms with Gasteiger partial charge in [0.2, 0.25) is 0 Å². The second kappa shape index (κ2) is 5.93. The Morgan fingerprint density at radius 2 is 2.23 bits per heavy atom. The van der Waals surface area contributed by atoms with Crippen LogP contribution in [0.25, 0.3) is 21.0 Å². The lowest BCUT2D eigenvalue weighted by molar-refractivity contribution is -0.149. The van der Waals surface area contributed by atoms with E-state index >= 15 is 0 Å². The molecule has 5 rings (SSSR count). The fourth-order valence-electron chi connectivity index (χ4n) is 4.64. The monoisotopic (exact) mass is 368 g/mol. The summed E-state index contributed by atoms with van der Waals surface area (Å²) in [7, 11) is 0. The lowest BCUT2D eigenvalue weighted by Gasteiger charge is -2.23. The predicted molar refractivity (Wildman–Crippen MR) is 100 cm³/mol. The molecule has 2 fully saturated rings. The molecule has 0 bridgehead atoms. The fourth-order valence-corrected chi connectivity index (χ4v) is 5.57. The summed E-state index contributed by atoms with van der Waals surface area (Å²) in [5.74, 6) is 1.31. The average molecular weight is 368 g/mol. The number of carbonyl (C=O) groups is 1. The van der Waals surface area contributed by atoms with Crippen LogP contribution in [0.3, 0.4) is 0 Å². The van der Waals surface area contributed by atoms with Crippen molar-refractivity contribution in [1.29, 1.82) is 0 Å². The van der Waals surface area contributed by atoms with E-state index in [4.69, 9.17) is 4.42 Å². The minimum Gasteiger partial charge on any atom is -0.481 e. The standard InChI is InChI=1S/C20H20N2O3S/c23-19(24)20-9-3-4-13(20)10-22(12-20)11-14-7-8-16(25-14)18-21-15-5-1-2-6-17(15)26-18/h1-2,5-8,13H,3-4,9-12H2,(H,23,24)/t13-,20+/m0/s1. The third-order valence-corrected chi connectivity index (χ3v) is 6.96. The van der Waals surface area contributed by atoms with Gasteiger partial charge in [0.1, 0.15) is 5.76 Å². The summed E-state index contributed by atoms with van der Waals surface area (Å²) >= 11 is 1.63. The van der Waals surface area contributed by atoms with Gasteiger partial charge in [0.05, 0.1) is 22.2 Å². The van der Waals surface area contributed by atoms with E-state index in [1.54, 1.807) is 11.3 Å². The number of furan rings is 1. The number of carboxylic acids is 1. The van der Waals surface area contributed by atoms with Crippen LogP contribution < -0.4 is 0 Å². The van der Waals surface area contributed by atoms with Gasteiger partial charge in [-0.1, -0.05) is 18.6 Å². The predicted octanol–water partition coefficient (Wildman–Crippen LogP) is 4.24. The van der Waals surface area contributed by atoms with Gasteiger partial charge in [-0.05, 0) is 43.0 Å². The smallest absolute Gasteiger partial charge is 0.311 e. The Morgan fingerprint density at radius 1 is 1.35 bits per heavy atom. The van der Waals surface area contributed by atoms with Crippen molar-refractivity contribution in [2.45, 2.75) is 25.8 Å². The van der Waals surface area contributed by atoms with Gasteiger partial charge in [-0.15, -0.1) is 11.3 Å². The SMILES string of the molecule is O=C(O)[C@@]12CCC[C@H]1CN(Cc1ccc(-c3nc4ccccc4s3)o1)C2. The lowest BCUT2D eigenvalue weighted by atomic mass is 9.81. The topological polar surface area (TPSA) is 66.6 Å². The van der Waals surface area contributed by atoms with E-state index in [-0.39, 0.29) is 5.92 Å². The normalized spacial score (nSPS) is 25.8. The molecule has 5 nitrogen and oxygen atoms in total.